The fourth-order valence-electron chi connectivity index (χ4n) is 4.01. The van der Waals surface area contributed by atoms with Crippen molar-refractivity contribution < 1.29 is 23.8 Å². The molecule has 2 heterocycles. The Hall–Kier alpha value is -2.89. The molecule has 2 aromatic carbocycles. The molecule has 4 rings (SSSR count). The van der Waals surface area contributed by atoms with Gasteiger partial charge in [0.05, 0.1) is 0 Å². The molecule has 2 aromatic rings. The number of piperidine rings is 1. The molecule has 134 valence electrons. The Morgan fingerprint density at radius 1 is 1.27 bits per heavy atom. The van der Waals surface area contributed by atoms with Gasteiger partial charge in [-0.2, -0.15) is 0 Å². The predicted molar refractivity (Wildman–Crippen MR) is 90.9 cm³/mol. The predicted octanol–water partition coefficient (Wildman–Crippen LogP) is 3.15. The molecule has 0 aliphatic carbocycles. The highest BCUT2D eigenvalue weighted by molar-refractivity contribution is 5.99. The van der Waals surface area contributed by atoms with E-state index in [9.17, 15) is 19.1 Å². The van der Waals surface area contributed by atoms with Gasteiger partial charge in [-0.25, -0.2) is 4.39 Å². The van der Waals surface area contributed by atoms with E-state index in [0.29, 0.717) is 17.7 Å². The zero-order valence-corrected chi connectivity index (χ0v) is 14.2. The maximum atomic E-state index is 13.2. The fourth-order valence-corrected chi connectivity index (χ4v) is 4.01. The molecule has 2 bridgehead atoms. The van der Waals surface area contributed by atoms with Gasteiger partial charge in [0.25, 0.3) is 0 Å². The second kappa shape index (κ2) is 5.83. The Balaban J connectivity index is 1.77. The van der Waals surface area contributed by atoms with Crippen LogP contribution in [-0.2, 0) is 16.1 Å². The third-order valence-corrected chi connectivity index (χ3v) is 5.27. The average Bonchev–Trinajstić information content (AvgIpc) is 2.59. The summed E-state index contributed by atoms with van der Waals surface area (Å²) in [6, 6.07) is 13.1. The summed E-state index contributed by atoms with van der Waals surface area (Å²) in [5.41, 5.74) is 0.523. The third-order valence-electron chi connectivity index (χ3n) is 5.27. The normalized spacial score (nSPS) is 26.8. The SMILES string of the molecule is C[C@]12C[C@H](c3ccccc3O1)[C@H](C(=O)O)C(=O)N2Cc1ccc(F)cc1. The Kier molecular flexibility index (Phi) is 3.72. The number of amides is 1. The van der Waals surface area contributed by atoms with E-state index in [4.69, 9.17) is 4.74 Å². The van der Waals surface area contributed by atoms with Gasteiger partial charge < -0.3 is 9.84 Å². The number of nitrogens with zero attached hydrogens (tertiary/aromatic N) is 1. The average molecular weight is 355 g/mol. The Morgan fingerprint density at radius 3 is 2.65 bits per heavy atom. The van der Waals surface area contributed by atoms with Gasteiger partial charge in [-0.1, -0.05) is 30.3 Å². The van der Waals surface area contributed by atoms with E-state index in [1.807, 2.05) is 18.2 Å². The van der Waals surface area contributed by atoms with E-state index < -0.39 is 29.4 Å². The molecule has 2 aliphatic heterocycles. The maximum Gasteiger partial charge on any atom is 0.316 e. The van der Waals surface area contributed by atoms with Crippen molar-refractivity contribution in [2.75, 3.05) is 0 Å². The van der Waals surface area contributed by atoms with Crippen molar-refractivity contribution in [2.45, 2.75) is 31.5 Å². The van der Waals surface area contributed by atoms with Crippen molar-refractivity contribution in [3.63, 3.8) is 0 Å². The van der Waals surface area contributed by atoms with Crippen LogP contribution in [0.25, 0.3) is 0 Å². The molecule has 1 fully saturated rings. The second-order valence-corrected chi connectivity index (χ2v) is 6.99. The smallest absolute Gasteiger partial charge is 0.316 e. The molecule has 3 atom stereocenters. The van der Waals surface area contributed by atoms with E-state index in [0.717, 1.165) is 5.56 Å². The van der Waals surface area contributed by atoms with Crippen molar-refractivity contribution in [2.24, 2.45) is 5.92 Å². The number of likely N-dealkylation sites (tertiary alicyclic amines) is 1. The lowest BCUT2D eigenvalue weighted by atomic mass is 9.73. The molecule has 6 heteroatoms. The van der Waals surface area contributed by atoms with Gasteiger partial charge in [0, 0.05) is 18.9 Å². The number of aliphatic carboxylic acids is 1. The number of para-hydroxylation sites is 1. The maximum absolute atomic E-state index is 13.2. The number of hydrogen-bond donors (Lipinski definition) is 1. The molecule has 26 heavy (non-hydrogen) atoms. The Bertz CT molecular complexity index is 882. The fraction of sp³-hybridized carbons (Fsp3) is 0.300. The van der Waals surface area contributed by atoms with Gasteiger partial charge in [-0.15, -0.1) is 0 Å². The first-order chi connectivity index (χ1) is 12.4. The summed E-state index contributed by atoms with van der Waals surface area (Å²) in [6.45, 7) is 1.96. The standard InChI is InChI=1S/C20H18FNO4/c1-20-10-15(14-4-2-3-5-16(14)26-20)17(19(24)25)18(23)22(20)11-12-6-8-13(21)9-7-12/h2-9,15,17H,10-11H2,1H3,(H,24,25)/t15-,17+,20-/m1/s1. The van der Waals surface area contributed by atoms with Gasteiger partial charge in [0.2, 0.25) is 5.91 Å². The number of halogens is 1. The lowest BCUT2D eigenvalue weighted by Crippen LogP contribution is -2.63. The Morgan fingerprint density at radius 2 is 1.96 bits per heavy atom. The molecule has 5 nitrogen and oxygen atoms in total. The molecule has 2 aliphatic rings. The van der Waals surface area contributed by atoms with Crippen LogP contribution >= 0.6 is 0 Å². The number of carboxylic acid groups (broad SMARTS) is 1. The van der Waals surface area contributed by atoms with Crippen LogP contribution in [0.2, 0.25) is 0 Å². The van der Waals surface area contributed by atoms with Crippen LogP contribution in [0.15, 0.2) is 48.5 Å². The van der Waals surface area contributed by atoms with Gasteiger partial charge in [0.15, 0.2) is 5.72 Å². The number of carbonyl (C=O) groups excluding carboxylic acids is 1. The molecule has 1 N–H and O–H groups in total. The number of hydrogen-bond acceptors (Lipinski definition) is 3. The first-order valence-electron chi connectivity index (χ1n) is 8.46. The number of benzene rings is 2. The molecule has 1 saturated heterocycles. The summed E-state index contributed by atoms with van der Waals surface area (Å²) in [5, 5.41) is 9.71. The van der Waals surface area contributed by atoms with Crippen molar-refractivity contribution in [3.8, 4) is 5.75 Å². The van der Waals surface area contributed by atoms with Gasteiger partial charge in [0.1, 0.15) is 17.5 Å². The molecular weight excluding hydrogens is 337 g/mol. The van der Waals surface area contributed by atoms with Crippen LogP contribution in [0.4, 0.5) is 4.39 Å². The number of ether oxygens (including phenoxy) is 1. The zero-order chi connectivity index (χ0) is 18.5. The minimum Gasteiger partial charge on any atom is -0.481 e. The van der Waals surface area contributed by atoms with Gasteiger partial charge >= 0.3 is 5.97 Å². The number of rotatable bonds is 3. The van der Waals surface area contributed by atoms with E-state index in [2.05, 4.69) is 0 Å². The van der Waals surface area contributed by atoms with E-state index in [1.165, 1.54) is 17.0 Å². The first-order valence-corrected chi connectivity index (χ1v) is 8.46. The highest BCUT2D eigenvalue weighted by Crippen LogP contribution is 2.50. The molecule has 0 saturated carbocycles. The zero-order valence-electron chi connectivity index (χ0n) is 14.2. The van der Waals surface area contributed by atoms with Gasteiger partial charge in [-0.3, -0.25) is 14.5 Å². The van der Waals surface area contributed by atoms with E-state index in [1.54, 1.807) is 25.1 Å². The van der Waals surface area contributed by atoms with E-state index >= 15 is 0 Å². The summed E-state index contributed by atoms with van der Waals surface area (Å²) < 4.78 is 19.3. The van der Waals surface area contributed by atoms with Crippen LogP contribution in [-0.4, -0.2) is 27.6 Å². The lowest BCUT2D eigenvalue weighted by Gasteiger charge is -2.52. The summed E-state index contributed by atoms with van der Waals surface area (Å²) in [4.78, 5) is 26.4. The second-order valence-electron chi connectivity index (χ2n) is 6.99. The number of fused-ring (bicyclic) bond motifs is 4. The first kappa shape index (κ1) is 16.6. The molecule has 1 amide bonds. The summed E-state index contributed by atoms with van der Waals surface area (Å²) >= 11 is 0. The minimum atomic E-state index is -1.16. The van der Waals surface area contributed by atoms with Crippen molar-refractivity contribution >= 4 is 11.9 Å². The van der Waals surface area contributed by atoms with Crippen LogP contribution in [0.5, 0.6) is 5.75 Å². The molecule has 0 aromatic heterocycles. The van der Waals surface area contributed by atoms with Crippen LogP contribution < -0.4 is 4.74 Å². The summed E-state index contributed by atoms with van der Waals surface area (Å²) in [7, 11) is 0. The minimum absolute atomic E-state index is 0.161. The van der Waals surface area contributed by atoms with Crippen LogP contribution in [0.3, 0.4) is 0 Å². The molecule has 0 spiro atoms. The van der Waals surface area contributed by atoms with Crippen molar-refractivity contribution in [1.82, 2.24) is 4.90 Å². The number of carbonyl (C=O) groups is 2. The highest BCUT2D eigenvalue weighted by Gasteiger charge is 2.56. The lowest BCUT2D eigenvalue weighted by molar-refractivity contribution is -0.181. The molecule has 0 radical (unpaired) electrons. The monoisotopic (exact) mass is 355 g/mol. The largest absolute Gasteiger partial charge is 0.481 e. The Labute approximate surface area is 150 Å². The number of carboxylic acids is 1. The van der Waals surface area contributed by atoms with E-state index in [-0.39, 0.29) is 12.4 Å². The third kappa shape index (κ3) is 2.53. The summed E-state index contributed by atoms with van der Waals surface area (Å²) in [6.07, 6.45) is 0.397. The topological polar surface area (TPSA) is 66.8 Å². The molecule has 0 unspecified atom stereocenters. The molecular formula is C20H18FNO4. The quantitative estimate of drug-likeness (QED) is 0.859. The van der Waals surface area contributed by atoms with Crippen LogP contribution in [0, 0.1) is 11.7 Å². The van der Waals surface area contributed by atoms with Crippen molar-refractivity contribution in [1.29, 1.82) is 0 Å². The highest BCUT2D eigenvalue weighted by atomic mass is 19.1. The summed E-state index contributed by atoms with van der Waals surface area (Å²) in [5.74, 6) is -2.96. The van der Waals surface area contributed by atoms with Gasteiger partial charge in [-0.05, 0) is 36.2 Å². The van der Waals surface area contributed by atoms with Crippen molar-refractivity contribution in [3.05, 3.63) is 65.5 Å². The van der Waals surface area contributed by atoms with Crippen LogP contribution in [0.1, 0.15) is 30.4 Å².